The van der Waals surface area contributed by atoms with Crippen molar-refractivity contribution in [3.8, 4) is 0 Å². The summed E-state index contributed by atoms with van der Waals surface area (Å²) in [7, 11) is 0. The third-order valence-electron chi connectivity index (χ3n) is 5.44. The number of carbonyl (C=O) groups excluding carboxylic acids is 1. The summed E-state index contributed by atoms with van der Waals surface area (Å²) in [5, 5.41) is 3.12. The van der Waals surface area contributed by atoms with Gasteiger partial charge in [-0.2, -0.15) is 0 Å². The zero-order chi connectivity index (χ0) is 23.2. The van der Waals surface area contributed by atoms with E-state index in [0.29, 0.717) is 17.9 Å². The standard InChI is InChI=1S/C27H24FN3O2/c1-18-29-23(17-25(32)30-18)16-24(19-12-14-22(28)15-13-19)31-27(33)26(20-8-4-2-5-9-20)21-10-6-3-7-11-21/h2-15,17,24,26H,16H2,1H3,(H,31,33)(H,29,30,32). The van der Waals surface area contributed by atoms with Gasteiger partial charge in [0, 0.05) is 12.5 Å². The van der Waals surface area contributed by atoms with Crippen LogP contribution < -0.4 is 10.9 Å². The Kier molecular flexibility index (Phi) is 6.74. The zero-order valence-corrected chi connectivity index (χ0v) is 18.2. The van der Waals surface area contributed by atoms with Crippen molar-refractivity contribution < 1.29 is 9.18 Å². The molecule has 0 bridgehead atoms. The predicted octanol–water partition coefficient (Wildman–Crippen LogP) is 4.45. The van der Waals surface area contributed by atoms with E-state index in [2.05, 4.69) is 15.3 Å². The normalized spacial score (nSPS) is 11.8. The fourth-order valence-corrected chi connectivity index (χ4v) is 3.94. The summed E-state index contributed by atoms with van der Waals surface area (Å²) in [6.07, 6.45) is 0.290. The van der Waals surface area contributed by atoms with Gasteiger partial charge in [0.1, 0.15) is 11.6 Å². The van der Waals surface area contributed by atoms with Gasteiger partial charge in [-0.15, -0.1) is 0 Å². The molecule has 166 valence electrons. The third kappa shape index (κ3) is 5.60. The maximum absolute atomic E-state index is 13.6. The average Bonchev–Trinajstić information content (AvgIpc) is 2.80. The fraction of sp³-hybridized carbons (Fsp3) is 0.148. The summed E-state index contributed by atoms with van der Waals surface area (Å²) in [6, 6.07) is 26.0. The molecule has 4 rings (SSSR count). The number of halogens is 1. The lowest BCUT2D eigenvalue weighted by molar-refractivity contribution is -0.122. The number of benzene rings is 3. The first kappa shape index (κ1) is 22.1. The minimum absolute atomic E-state index is 0.191. The molecule has 4 aromatic rings. The van der Waals surface area contributed by atoms with Crippen molar-refractivity contribution in [2.24, 2.45) is 0 Å². The van der Waals surface area contributed by atoms with E-state index in [4.69, 9.17) is 0 Å². The average molecular weight is 442 g/mol. The fourth-order valence-electron chi connectivity index (χ4n) is 3.94. The number of nitrogens with zero attached hydrogens (tertiary/aromatic N) is 1. The van der Waals surface area contributed by atoms with Crippen LogP contribution in [0.1, 0.15) is 40.2 Å². The zero-order valence-electron chi connectivity index (χ0n) is 18.2. The van der Waals surface area contributed by atoms with Crippen LogP contribution in [0.2, 0.25) is 0 Å². The van der Waals surface area contributed by atoms with Gasteiger partial charge >= 0.3 is 0 Å². The third-order valence-corrected chi connectivity index (χ3v) is 5.44. The predicted molar refractivity (Wildman–Crippen MR) is 125 cm³/mol. The van der Waals surface area contributed by atoms with E-state index in [1.807, 2.05) is 60.7 Å². The molecular formula is C27H24FN3O2. The Bertz CT molecular complexity index is 1230. The Morgan fingerprint density at radius 2 is 1.48 bits per heavy atom. The van der Waals surface area contributed by atoms with E-state index in [0.717, 1.165) is 16.7 Å². The monoisotopic (exact) mass is 441 g/mol. The van der Waals surface area contributed by atoms with Crippen molar-refractivity contribution in [1.29, 1.82) is 0 Å². The molecule has 0 aliphatic rings. The van der Waals surface area contributed by atoms with Crippen LogP contribution in [-0.4, -0.2) is 15.9 Å². The van der Waals surface area contributed by atoms with Crippen molar-refractivity contribution in [1.82, 2.24) is 15.3 Å². The van der Waals surface area contributed by atoms with Gasteiger partial charge in [-0.3, -0.25) is 9.59 Å². The number of carbonyl (C=O) groups is 1. The van der Waals surface area contributed by atoms with E-state index >= 15 is 0 Å². The van der Waals surface area contributed by atoms with Crippen molar-refractivity contribution in [3.63, 3.8) is 0 Å². The molecule has 0 radical (unpaired) electrons. The Morgan fingerprint density at radius 1 is 0.909 bits per heavy atom. The molecule has 0 saturated heterocycles. The summed E-state index contributed by atoms with van der Waals surface area (Å²) in [4.78, 5) is 32.6. The summed E-state index contributed by atoms with van der Waals surface area (Å²) in [6.45, 7) is 1.71. The number of rotatable bonds is 7. The molecule has 5 nitrogen and oxygen atoms in total. The molecule has 1 unspecified atom stereocenters. The van der Waals surface area contributed by atoms with Crippen LogP contribution in [0.25, 0.3) is 0 Å². The first-order valence-corrected chi connectivity index (χ1v) is 10.7. The Balaban J connectivity index is 1.69. The lowest BCUT2D eigenvalue weighted by Crippen LogP contribution is -2.35. The Labute approximate surface area is 191 Å². The van der Waals surface area contributed by atoms with Gasteiger partial charge in [0.15, 0.2) is 0 Å². The number of aromatic nitrogens is 2. The Hall–Kier alpha value is -4.06. The quantitative estimate of drug-likeness (QED) is 0.445. The van der Waals surface area contributed by atoms with Gasteiger partial charge in [-0.1, -0.05) is 72.8 Å². The second kappa shape index (κ2) is 10.0. The lowest BCUT2D eigenvalue weighted by Gasteiger charge is -2.24. The van der Waals surface area contributed by atoms with Crippen LogP contribution >= 0.6 is 0 Å². The van der Waals surface area contributed by atoms with Gasteiger partial charge < -0.3 is 10.3 Å². The maximum atomic E-state index is 13.6. The van der Waals surface area contributed by atoms with Crippen LogP contribution in [0.4, 0.5) is 4.39 Å². The highest BCUT2D eigenvalue weighted by atomic mass is 19.1. The highest BCUT2D eigenvalue weighted by Crippen LogP contribution is 2.27. The lowest BCUT2D eigenvalue weighted by atomic mass is 9.89. The van der Waals surface area contributed by atoms with E-state index < -0.39 is 12.0 Å². The topological polar surface area (TPSA) is 74.8 Å². The van der Waals surface area contributed by atoms with Gasteiger partial charge in [0.2, 0.25) is 5.91 Å². The Morgan fingerprint density at radius 3 is 2.03 bits per heavy atom. The first-order valence-electron chi connectivity index (χ1n) is 10.7. The molecule has 3 aromatic carbocycles. The van der Waals surface area contributed by atoms with Crippen molar-refractivity contribution in [3.05, 3.63) is 135 Å². The molecule has 0 fully saturated rings. The minimum Gasteiger partial charge on any atom is -0.348 e. The van der Waals surface area contributed by atoms with Crippen LogP contribution in [0.3, 0.4) is 0 Å². The largest absolute Gasteiger partial charge is 0.348 e. The first-order chi connectivity index (χ1) is 16.0. The maximum Gasteiger partial charge on any atom is 0.251 e. The van der Waals surface area contributed by atoms with Crippen LogP contribution in [0.15, 0.2) is 95.8 Å². The molecule has 1 heterocycles. The number of aromatic amines is 1. The van der Waals surface area contributed by atoms with Crippen molar-refractivity contribution >= 4 is 5.91 Å². The van der Waals surface area contributed by atoms with Crippen LogP contribution in [0.5, 0.6) is 0 Å². The van der Waals surface area contributed by atoms with E-state index in [1.54, 1.807) is 19.1 Å². The number of hydrogen-bond acceptors (Lipinski definition) is 3. The number of aryl methyl sites for hydroxylation is 1. The number of hydrogen-bond donors (Lipinski definition) is 2. The number of nitrogens with one attached hydrogen (secondary N) is 2. The van der Waals surface area contributed by atoms with Gasteiger partial charge in [0.25, 0.3) is 5.56 Å². The molecule has 33 heavy (non-hydrogen) atoms. The summed E-state index contributed by atoms with van der Waals surface area (Å²) in [5.74, 6) is -0.582. The number of amides is 1. The van der Waals surface area contributed by atoms with Crippen LogP contribution in [0, 0.1) is 12.7 Å². The summed E-state index contributed by atoms with van der Waals surface area (Å²) < 4.78 is 13.6. The smallest absolute Gasteiger partial charge is 0.251 e. The van der Waals surface area contributed by atoms with Crippen molar-refractivity contribution in [2.75, 3.05) is 0 Å². The SMILES string of the molecule is Cc1nc(CC(NC(=O)C(c2ccccc2)c2ccccc2)c2ccc(F)cc2)cc(=O)[nH]1. The molecule has 0 aliphatic carbocycles. The molecule has 1 amide bonds. The second-order valence-electron chi connectivity index (χ2n) is 7.89. The van der Waals surface area contributed by atoms with Crippen LogP contribution in [-0.2, 0) is 11.2 Å². The summed E-state index contributed by atoms with van der Waals surface area (Å²) >= 11 is 0. The number of H-pyrrole nitrogens is 1. The molecule has 1 atom stereocenters. The highest BCUT2D eigenvalue weighted by Gasteiger charge is 2.26. The molecule has 1 aromatic heterocycles. The van der Waals surface area contributed by atoms with Crippen molar-refractivity contribution in [2.45, 2.75) is 25.3 Å². The van der Waals surface area contributed by atoms with E-state index in [-0.39, 0.29) is 17.3 Å². The summed E-state index contributed by atoms with van der Waals surface area (Å²) in [5.41, 5.74) is 2.74. The molecule has 6 heteroatoms. The second-order valence-corrected chi connectivity index (χ2v) is 7.89. The van der Waals surface area contributed by atoms with E-state index in [1.165, 1.54) is 18.2 Å². The van der Waals surface area contributed by atoms with Gasteiger partial charge in [-0.25, -0.2) is 9.37 Å². The van der Waals surface area contributed by atoms with Gasteiger partial charge in [-0.05, 0) is 35.7 Å². The molecule has 2 N–H and O–H groups in total. The van der Waals surface area contributed by atoms with E-state index in [9.17, 15) is 14.0 Å². The minimum atomic E-state index is -0.524. The van der Waals surface area contributed by atoms with Gasteiger partial charge in [0.05, 0.1) is 17.7 Å². The highest BCUT2D eigenvalue weighted by molar-refractivity contribution is 5.87. The molecule has 0 aliphatic heterocycles. The molecule has 0 spiro atoms. The molecular weight excluding hydrogens is 417 g/mol. The molecule has 0 saturated carbocycles.